The Balaban J connectivity index is 1.86. The summed E-state index contributed by atoms with van der Waals surface area (Å²) in [6, 6.07) is 9.34. The van der Waals surface area contributed by atoms with Crippen molar-refractivity contribution in [1.82, 2.24) is 9.71 Å². The lowest BCUT2D eigenvalue weighted by atomic mass is 9.98. The van der Waals surface area contributed by atoms with Gasteiger partial charge < -0.3 is 10.4 Å². The van der Waals surface area contributed by atoms with E-state index in [0.717, 1.165) is 4.90 Å². The standard InChI is InChI=1S/C17H14N4O6S/c22-13-9-4-3-7-18-15(9)21(16(23)17(24)25)8-10(13)14-19-11-5-1-2-6-12(11)28(26,27)20-14/h1-7,19-20,26-27H,8H2,(H,24,25). The van der Waals surface area contributed by atoms with Crippen LogP contribution in [-0.4, -0.2) is 43.4 Å². The minimum atomic E-state index is -3.45. The van der Waals surface area contributed by atoms with E-state index in [9.17, 15) is 23.5 Å². The SMILES string of the molecule is O=C(O)C(=O)N1CC(=C2Nc3ccccc3S(O)(O)N2)C(=O)c2cccnc21. The first-order chi connectivity index (χ1) is 13.3. The van der Waals surface area contributed by atoms with Crippen molar-refractivity contribution in [1.29, 1.82) is 0 Å². The van der Waals surface area contributed by atoms with Gasteiger partial charge >= 0.3 is 11.9 Å². The van der Waals surface area contributed by atoms with Gasteiger partial charge in [-0.2, -0.15) is 0 Å². The van der Waals surface area contributed by atoms with Crippen LogP contribution in [0, 0.1) is 0 Å². The van der Waals surface area contributed by atoms with Gasteiger partial charge in [0.05, 0.1) is 23.4 Å². The number of para-hydroxylation sites is 1. The minimum Gasteiger partial charge on any atom is -0.474 e. The summed E-state index contributed by atoms with van der Waals surface area (Å²) in [7, 11) is -3.45. The smallest absolute Gasteiger partial charge is 0.395 e. The molecule has 2 aliphatic rings. The summed E-state index contributed by atoms with van der Waals surface area (Å²) in [6.45, 7) is -0.402. The van der Waals surface area contributed by atoms with Crippen molar-refractivity contribution in [3.8, 4) is 0 Å². The number of carbonyl (C=O) groups is 3. The van der Waals surface area contributed by atoms with Crippen LogP contribution in [0.1, 0.15) is 10.4 Å². The maximum Gasteiger partial charge on any atom is 0.395 e. The number of aliphatic carboxylic acids is 1. The molecule has 0 atom stereocenters. The number of rotatable bonds is 0. The number of carbonyl (C=O) groups excluding carboxylic acids is 2. The van der Waals surface area contributed by atoms with Crippen LogP contribution in [0.3, 0.4) is 0 Å². The first-order valence-electron chi connectivity index (χ1n) is 7.99. The first kappa shape index (κ1) is 18.0. The molecular weight excluding hydrogens is 388 g/mol. The van der Waals surface area contributed by atoms with Crippen LogP contribution < -0.4 is 14.9 Å². The fourth-order valence-electron chi connectivity index (χ4n) is 3.05. The molecule has 144 valence electrons. The molecule has 1 aromatic heterocycles. The summed E-state index contributed by atoms with van der Waals surface area (Å²) in [5, 5.41) is 12.0. The fraction of sp³-hybridized carbons (Fsp3) is 0.0588. The van der Waals surface area contributed by atoms with Crippen LogP contribution in [-0.2, 0) is 9.59 Å². The van der Waals surface area contributed by atoms with Crippen LogP contribution >= 0.6 is 10.8 Å². The quantitative estimate of drug-likeness (QED) is 0.327. The Morgan fingerprint density at radius 2 is 1.89 bits per heavy atom. The number of hydrogen-bond donors (Lipinski definition) is 5. The van der Waals surface area contributed by atoms with E-state index >= 15 is 0 Å². The molecular formula is C17H14N4O6S. The normalized spacial score (nSPS) is 20.9. The lowest BCUT2D eigenvalue weighted by Crippen LogP contribution is -2.45. The highest BCUT2D eigenvalue weighted by Gasteiger charge is 2.38. The lowest BCUT2D eigenvalue weighted by molar-refractivity contribution is -0.148. The molecule has 1 amide bonds. The lowest BCUT2D eigenvalue weighted by Gasteiger charge is -2.41. The van der Waals surface area contributed by atoms with Gasteiger partial charge in [0, 0.05) is 6.20 Å². The molecule has 0 saturated heterocycles. The van der Waals surface area contributed by atoms with Crippen molar-refractivity contribution in [2.45, 2.75) is 4.90 Å². The summed E-state index contributed by atoms with van der Waals surface area (Å²) < 4.78 is 23.4. The third-order valence-electron chi connectivity index (χ3n) is 4.30. The number of Topliss-reactive ketones (excluding diaryl/α,β-unsaturated/α-hetero) is 1. The average molecular weight is 402 g/mol. The van der Waals surface area contributed by atoms with E-state index in [4.69, 9.17) is 5.11 Å². The number of aromatic nitrogens is 1. The zero-order valence-electron chi connectivity index (χ0n) is 14.1. The summed E-state index contributed by atoms with van der Waals surface area (Å²) >= 11 is 0. The Hall–Kier alpha value is -3.41. The van der Waals surface area contributed by atoms with Crippen molar-refractivity contribution < 1.29 is 28.6 Å². The molecule has 1 aromatic carbocycles. The van der Waals surface area contributed by atoms with Gasteiger partial charge in [0.25, 0.3) is 0 Å². The molecule has 4 rings (SSSR count). The number of nitrogens with one attached hydrogen (secondary N) is 2. The molecule has 0 bridgehead atoms. The first-order valence-corrected chi connectivity index (χ1v) is 9.54. The Kier molecular flexibility index (Phi) is 4.07. The molecule has 11 heteroatoms. The fourth-order valence-corrected chi connectivity index (χ4v) is 4.31. The van der Waals surface area contributed by atoms with Crippen molar-refractivity contribution in [2.24, 2.45) is 0 Å². The topological polar surface area (TPSA) is 152 Å². The number of amides is 1. The van der Waals surface area contributed by atoms with E-state index in [0.29, 0.717) is 5.69 Å². The highest BCUT2D eigenvalue weighted by atomic mass is 32.3. The maximum atomic E-state index is 13.0. The second-order valence-corrected chi connectivity index (χ2v) is 7.77. The van der Waals surface area contributed by atoms with E-state index in [1.807, 2.05) is 0 Å². The number of hydrogen-bond acceptors (Lipinski definition) is 8. The monoisotopic (exact) mass is 402 g/mol. The van der Waals surface area contributed by atoms with Crippen LogP contribution in [0.15, 0.2) is 58.9 Å². The van der Waals surface area contributed by atoms with Crippen LogP contribution in [0.5, 0.6) is 0 Å². The predicted octanol–water partition coefficient (Wildman–Crippen LogP) is 1.65. The highest BCUT2D eigenvalue weighted by molar-refractivity contribution is 8.23. The van der Waals surface area contributed by atoms with Crippen LogP contribution in [0.2, 0.25) is 0 Å². The predicted molar refractivity (Wildman–Crippen MR) is 99.9 cm³/mol. The zero-order valence-corrected chi connectivity index (χ0v) is 14.9. The second-order valence-electron chi connectivity index (χ2n) is 6.03. The van der Waals surface area contributed by atoms with Crippen LogP contribution in [0.25, 0.3) is 0 Å². The number of pyridine rings is 1. The Morgan fingerprint density at radius 3 is 2.64 bits per heavy atom. The Morgan fingerprint density at radius 1 is 1.14 bits per heavy atom. The third kappa shape index (κ3) is 2.78. The summed E-state index contributed by atoms with van der Waals surface area (Å²) in [6.07, 6.45) is 1.34. The number of fused-ring (bicyclic) bond motifs is 2. The van der Waals surface area contributed by atoms with E-state index < -0.39 is 35.0 Å². The molecule has 0 saturated carbocycles. The molecule has 0 spiro atoms. The minimum absolute atomic E-state index is 0.0126. The van der Waals surface area contributed by atoms with Crippen molar-refractivity contribution in [2.75, 3.05) is 16.8 Å². The molecule has 28 heavy (non-hydrogen) atoms. The molecule has 0 unspecified atom stereocenters. The van der Waals surface area contributed by atoms with E-state index in [2.05, 4.69) is 15.0 Å². The molecule has 2 aromatic rings. The average Bonchev–Trinajstić information content (AvgIpc) is 2.67. The molecule has 5 N–H and O–H groups in total. The third-order valence-corrected chi connectivity index (χ3v) is 5.76. The van der Waals surface area contributed by atoms with Crippen molar-refractivity contribution in [3.05, 3.63) is 59.6 Å². The molecule has 2 aliphatic heterocycles. The van der Waals surface area contributed by atoms with E-state index in [1.54, 1.807) is 18.2 Å². The Bertz CT molecular complexity index is 1070. The van der Waals surface area contributed by atoms with Gasteiger partial charge in [-0.05, 0) is 24.3 Å². The van der Waals surface area contributed by atoms with Gasteiger partial charge in [-0.15, -0.1) is 0 Å². The van der Waals surface area contributed by atoms with Crippen LogP contribution in [0.4, 0.5) is 11.5 Å². The van der Waals surface area contributed by atoms with Gasteiger partial charge in [-0.1, -0.05) is 22.9 Å². The Labute approximate surface area is 160 Å². The second kappa shape index (κ2) is 6.34. The summed E-state index contributed by atoms with van der Waals surface area (Å²) in [5.74, 6) is -3.54. The highest BCUT2D eigenvalue weighted by Crippen LogP contribution is 2.52. The van der Waals surface area contributed by atoms with E-state index in [1.165, 1.54) is 24.4 Å². The van der Waals surface area contributed by atoms with Gasteiger partial charge in [-0.3, -0.25) is 28.3 Å². The maximum absolute atomic E-state index is 13.0. The number of anilines is 2. The number of carboxylic acids is 1. The van der Waals surface area contributed by atoms with Gasteiger partial charge in [-0.25, -0.2) is 9.78 Å². The molecule has 3 heterocycles. The van der Waals surface area contributed by atoms with Crippen molar-refractivity contribution >= 4 is 39.9 Å². The van der Waals surface area contributed by atoms with Crippen molar-refractivity contribution in [3.63, 3.8) is 0 Å². The molecule has 0 aliphatic carbocycles. The zero-order chi connectivity index (χ0) is 20.1. The number of nitrogens with zero attached hydrogens (tertiary/aromatic N) is 2. The van der Waals surface area contributed by atoms with E-state index in [-0.39, 0.29) is 27.7 Å². The largest absolute Gasteiger partial charge is 0.474 e. The summed E-state index contributed by atoms with van der Waals surface area (Å²) in [5.41, 5.74) is 0.388. The molecule has 10 nitrogen and oxygen atoms in total. The van der Waals surface area contributed by atoms with Gasteiger partial charge in [0.15, 0.2) is 5.78 Å². The number of ketones is 1. The summed E-state index contributed by atoms with van der Waals surface area (Å²) in [4.78, 5) is 41.4. The number of carboxylic acid groups (broad SMARTS) is 1. The molecule has 0 fully saturated rings. The number of benzene rings is 1. The van der Waals surface area contributed by atoms with Gasteiger partial charge in [0.1, 0.15) is 16.5 Å². The molecule has 0 radical (unpaired) electrons. The van der Waals surface area contributed by atoms with Gasteiger partial charge in [0.2, 0.25) is 0 Å².